The van der Waals surface area contributed by atoms with Crippen molar-refractivity contribution >= 4 is 22.6 Å². The van der Waals surface area contributed by atoms with Crippen LogP contribution in [-0.4, -0.2) is 29.0 Å². The number of rotatable bonds is 6. The van der Waals surface area contributed by atoms with Crippen LogP contribution in [0.2, 0.25) is 0 Å². The number of fused-ring (bicyclic) bond motifs is 1. The molecular weight excluding hydrogens is 316 g/mol. The van der Waals surface area contributed by atoms with Gasteiger partial charge in [0.2, 0.25) is 5.91 Å². The number of ether oxygens (including phenoxy) is 1. The van der Waals surface area contributed by atoms with Gasteiger partial charge in [0.25, 0.3) is 0 Å². The molecule has 1 aromatic heterocycles. The monoisotopic (exact) mass is 336 g/mol. The molecule has 0 aliphatic heterocycles. The number of para-hydroxylation sites is 1. The molecule has 0 aliphatic rings. The lowest BCUT2D eigenvalue weighted by Crippen LogP contribution is -2.37. The second kappa shape index (κ2) is 7.61. The van der Waals surface area contributed by atoms with Crippen molar-refractivity contribution < 1.29 is 9.53 Å². The molecular formula is C19H20N4O2. The largest absolute Gasteiger partial charge is 0.497 e. The van der Waals surface area contributed by atoms with Crippen LogP contribution >= 0.6 is 0 Å². The summed E-state index contributed by atoms with van der Waals surface area (Å²) in [5.41, 5.74) is 1.85. The Morgan fingerprint density at radius 1 is 1.12 bits per heavy atom. The summed E-state index contributed by atoms with van der Waals surface area (Å²) < 4.78 is 5.13. The van der Waals surface area contributed by atoms with Gasteiger partial charge in [-0.25, -0.2) is 9.97 Å². The summed E-state index contributed by atoms with van der Waals surface area (Å²) >= 11 is 0. The van der Waals surface area contributed by atoms with Crippen molar-refractivity contribution in [1.29, 1.82) is 0 Å². The van der Waals surface area contributed by atoms with Crippen molar-refractivity contribution in [1.82, 2.24) is 15.3 Å². The molecule has 128 valence electrons. The van der Waals surface area contributed by atoms with Gasteiger partial charge in [-0.15, -0.1) is 0 Å². The molecule has 1 unspecified atom stereocenters. The summed E-state index contributed by atoms with van der Waals surface area (Å²) in [4.78, 5) is 20.8. The smallest absolute Gasteiger partial charge is 0.242 e. The molecule has 6 nitrogen and oxygen atoms in total. The van der Waals surface area contributed by atoms with Gasteiger partial charge in [-0.1, -0.05) is 24.3 Å². The van der Waals surface area contributed by atoms with Gasteiger partial charge in [0.05, 0.1) is 12.6 Å². The molecule has 0 spiro atoms. The van der Waals surface area contributed by atoms with Gasteiger partial charge in [0, 0.05) is 11.9 Å². The van der Waals surface area contributed by atoms with Crippen molar-refractivity contribution in [3.05, 3.63) is 60.4 Å². The third-order valence-corrected chi connectivity index (χ3v) is 3.92. The molecule has 1 heterocycles. The molecule has 0 radical (unpaired) electrons. The molecule has 0 aliphatic carbocycles. The maximum absolute atomic E-state index is 12.3. The minimum atomic E-state index is -0.420. The maximum Gasteiger partial charge on any atom is 0.242 e. The minimum absolute atomic E-state index is 0.0986. The summed E-state index contributed by atoms with van der Waals surface area (Å²) in [6, 6.07) is 14.9. The number of nitrogens with zero attached hydrogens (tertiary/aromatic N) is 2. The van der Waals surface area contributed by atoms with Gasteiger partial charge in [-0.05, 0) is 36.8 Å². The highest BCUT2D eigenvalue weighted by Gasteiger charge is 2.14. The Hall–Kier alpha value is -3.15. The van der Waals surface area contributed by atoms with E-state index in [0.29, 0.717) is 12.4 Å². The van der Waals surface area contributed by atoms with E-state index < -0.39 is 6.04 Å². The molecule has 2 N–H and O–H groups in total. The highest BCUT2D eigenvalue weighted by atomic mass is 16.5. The molecule has 0 bridgehead atoms. The fourth-order valence-corrected chi connectivity index (χ4v) is 2.48. The predicted octanol–water partition coefficient (Wildman–Crippen LogP) is 2.76. The number of hydrogen-bond donors (Lipinski definition) is 2. The topological polar surface area (TPSA) is 76.1 Å². The van der Waals surface area contributed by atoms with Crippen molar-refractivity contribution in [2.45, 2.75) is 19.5 Å². The van der Waals surface area contributed by atoms with E-state index in [1.54, 1.807) is 14.0 Å². The van der Waals surface area contributed by atoms with Crippen LogP contribution in [0, 0.1) is 0 Å². The normalized spacial score (nSPS) is 11.8. The number of aromatic nitrogens is 2. The zero-order valence-corrected chi connectivity index (χ0v) is 14.2. The number of carbonyl (C=O) groups is 1. The number of nitrogens with one attached hydrogen (secondary N) is 2. The average molecular weight is 336 g/mol. The fourth-order valence-electron chi connectivity index (χ4n) is 2.48. The Labute approximate surface area is 146 Å². The third kappa shape index (κ3) is 4.03. The average Bonchev–Trinajstić information content (AvgIpc) is 2.66. The first-order valence-corrected chi connectivity index (χ1v) is 8.04. The molecule has 1 amide bonds. The molecule has 0 saturated carbocycles. The lowest BCUT2D eigenvalue weighted by molar-refractivity contribution is -0.121. The highest BCUT2D eigenvalue weighted by molar-refractivity contribution is 5.91. The van der Waals surface area contributed by atoms with E-state index in [0.717, 1.165) is 22.2 Å². The summed E-state index contributed by atoms with van der Waals surface area (Å²) in [7, 11) is 1.63. The second-order valence-electron chi connectivity index (χ2n) is 5.67. The van der Waals surface area contributed by atoms with E-state index >= 15 is 0 Å². The number of benzene rings is 2. The molecule has 6 heteroatoms. The molecule has 3 rings (SSSR count). The van der Waals surface area contributed by atoms with Crippen molar-refractivity contribution in [3.8, 4) is 5.75 Å². The lowest BCUT2D eigenvalue weighted by Gasteiger charge is -2.16. The van der Waals surface area contributed by atoms with Gasteiger partial charge in [0.1, 0.15) is 23.9 Å². The van der Waals surface area contributed by atoms with Gasteiger partial charge in [-0.2, -0.15) is 0 Å². The van der Waals surface area contributed by atoms with E-state index in [4.69, 9.17) is 4.74 Å². The van der Waals surface area contributed by atoms with Crippen molar-refractivity contribution in [2.24, 2.45) is 0 Å². The molecule has 25 heavy (non-hydrogen) atoms. The first-order valence-electron chi connectivity index (χ1n) is 8.04. The van der Waals surface area contributed by atoms with Crippen LogP contribution in [0.1, 0.15) is 12.5 Å². The Balaban J connectivity index is 1.62. The predicted molar refractivity (Wildman–Crippen MR) is 97.5 cm³/mol. The molecule has 0 saturated heterocycles. The zero-order valence-electron chi connectivity index (χ0n) is 14.2. The Morgan fingerprint density at radius 3 is 2.64 bits per heavy atom. The standard InChI is InChI=1S/C19H20N4O2/c1-13(19(24)20-11-14-7-9-15(25-2)10-8-14)23-18-16-5-3-4-6-17(16)21-12-22-18/h3-10,12-13H,11H2,1-2H3,(H,20,24)(H,21,22,23). The maximum atomic E-state index is 12.3. The van der Waals surface area contributed by atoms with E-state index in [9.17, 15) is 4.79 Å². The van der Waals surface area contributed by atoms with E-state index in [2.05, 4.69) is 20.6 Å². The first kappa shape index (κ1) is 16.7. The van der Waals surface area contributed by atoms with Gasteiger partial charge < -0.3 is 15.4 Å². The number of hydrogen-bond acceptors (Lipinski definition) is 5. The summed E-state index contributed by atoms with van der Waals surface area (Å²) in [5.74, 6) is 1.34. The summed E-state index contributed by atoms with van der Waals surface area (Å²) in [6.45, 7) is 2.26. The van der Waals surface area contributed by atoms with Crippen LogP contribution in [0.3, 0.4) is 0 Å². The molecule has 2 aromatic carbocycles. The zero-order chi connectivity index (χ0) is 17.6. The van der Waals surface area contributed by atoms with Crippen molar-refractivity contribution in [3.63, 3.8) is 0 Å². The SMILES string of the molecule is COc1ccc(CNC(=O)C(C)Nc2ncnc3ccccc23)cc1. The number of methoxy groups -OCH3 is 1. The lowest BCUT2D eigenvalue weighted by atomic mass is 10.2. The van der Waals surface area contributed by atoms with E-state index in [1.807, 2.05) is 48.5 Å². The van der Waals surface area contributed by atoms with Crippen LogP contribution in [0.4, 0.5) is 5.82 Å². The first-order chi connectivity index (χ1) is 12.2. The Kier molecular flexibility index (Phi) is 5.09. The molecule has 3 aromatic rings. The van der Waals surface area contributed by atoms with Gasteiger partial charge >= 0.3 is 0 Å². The van der Waals surface area contributed by atoms with E-state index in [1.165, 1.54) is 6.33 Å². The van der Waals surface area contributed by atoms with Crippen LogP contribution in [0.5, 0.6) is 5.75 Å². The summed E-state index contributed by atoms with van der Waals surface area (Å²) in [6.07, 6.45) is 1.49. The quantitative estimate of drug-likeness (QED) is 0.724. The van der Waals surface area contributed by atoms with E-state index in [-0.39, 0.29) is 5.91 Å². The van der Waals surface area contributed by atoms with Gasteiger partial charge in [0.15, 0.2) is 0 Å². The van der Waals surface area contributed by atoms with Crippen LogP contribution in [0.25, 0.3) is 10.9 Å². The minimum Gasteiger partial charge on any atom is -0.497 e. The summed E-state index contributed by atoms with van der Waals surface area (Å²) in [5, 5.41) is 6.96. The number of carbonyl (C=O) groups excluding carboxylic acids is 1. The van der Waals surface area contributed by atoms with Crippen LogP contribution in [0.15, 0.2) is 54.9 Å². The number of amides is 1. The van der Waals surface area contributed by atoms with Gasteiger partial charge in [-0.3, -0.25) is 4.79 Å². The Bertz CT molecular complexity index is 859. The van der Waals surface area contributed by atoms with Crippen LogP contribution < -0.4 is 15.4 Å². The Morgan fingerprint density at radius 2 is 1.88 bits per heavy atom. The fraction of sp³-hybridized carbons (Fsp3) is 0.211. The second-order valence-corrected chi connectivity index (χ2v) is 5.67. The highest BCUT2D eigenvalue weighted by Crippen LogP contribution is 2.19. The number of anilines is 1. The third-order valence-electron chi connectivity index (χ3n) is 3.92. The van der Waals surface area contributed by atoms with Crippen molar-refractivity contribution in [2.75, 3.05) is 12.4 Å². The van der Waals surface area contributed by atoms with Crippen LogP contribution in [-0.2, 0) is 11.3 Å². The molecule has 1 atom stereocenters. The molecule has 0 fully saturated rings.